The van der Waals surface area contributed by atoms with E-state index in [2.05, 4.69) is 0 Å². The highest BCUT2D eigenvalue weighted by Crippen LogP contribution is 2.39. The summed E-state index contributed by atoms with van der Waals surface area (Å²) in [6.45, 7) is 1.91. The first-order chi connectivity index (χ1) is 8.54. The largest absolute Gasteiger partial charge is 0.465 e. The molecule has 1 fully saturated rings. The number of carbonyl (C=O) groups is 1. The summed E-state index contributed by atoms with van der Waals surface area (Å²) >= 11 is 5.09. The number of aryl methyl sites for hydroxylation is 1. The third-order valence-electron chi connectivity index (χ3n) is 3.61. The number of nitrogens with two attached hydrogens (primary N) is 1. The number of esters is 1. The first kappa shape index (κ1) is 13.0. The van der Waals surface area contributed by atoms with Gasteiger partial charge in [-0.05, 0) is 42.9 Å². The fourth-order valence-corrected chi connectivity index (χ4v) is 2.51. The maximum absolute atomic E-state index is 11.7. The number of ether oxygens (including phenoxy) is 1. The van der Waals surface area contributed by atoms with Gasteiger partial charge in [0, 0.05) is 5.56 Å². The lowest BCUT2D eigenvalue weighted by atomic mass is 9.77. The molecule has 2 rings (SSSR count). The van der Waals surface area contributed by atoms with Crippen LogP contribution in [-0.2, 0) is 4.74 Å². The van der Waals surface area contributed by atoms with Crippen LogP contribution in [0.3, 0.4) is 0 Å². The van der Waals surface area contributed by atoms with Crippen LogP contribution in [0.4, 0.5) is 0 Å². The molecular weight excluding hydrogens is 246 g/mol. The number of thiocarbonyl (C=S) groups is 1. The molecule has 0 radical (unpaired) electrons. The molecule has 0 unspecified atom stereocenters. The second kappa shape index (κ2) is 5.06. The van der Waals surface area contributed by atoms with Gasteiger partial charge in [-0.15, -0.1) is 0 Å². The molecule has 0 bridgehead atoms. The van der Waals surface area contributed by atoms with Crippen LogP contribution < -0.4 is 5.73 Å². The molecule has 0 heterocycles. The zero-order chi connectivity index (χ0) is 13.3. The van der Waals surface area contributed by atoms with E-state index in [0.717, 1.165) is 11.1 Å². The molecule has 0 spiro atoms. The molecule has 0 saturated heterocycles. The van der Waals surface area contributed by atoms with Crippen molar-refractivity contribution in [1.82, 2.24) is 0 Å². The summed E-state index contributed by atoms with van der Waals surface area (Å²) in [7, 11) is 1.38. The molecule has 1 aliphatic rings. The summed E-state index contributed by atoms with van der Waals surface area (Å²) in [5.74, 6) is 0.192. The maximum atomic E-state index is 11.7. The highest BCUT2D eigenvalue weighted by atomic mass is 32.1. The monoisotopic (exact) mass is 263 g/mol. The predicted molar refractivity (Wildman–Crippen MR) is 75.0 cm³/mol. The van der Waals surface area contributed by atoms with E-state index in [1.807, 2.05) is 13.0 Å². The summed E-state index contributed by atoms with van der Waals surface area (Å²) in [5.41, 5.74) is 9.24. The van der Waals surface area contributed by atoms with Crippen LogP contribution in [0, 0.1) is 6.92 Å². The van der Waals surface area contributed by atoms with Gasteiger partial charge < -0.3 is 10.5 Å². The van der Waals surface area contributed by atoms with Crippen molar-refractivity contribution < 1.29 is 9.53 Å². The number of hydrogen-bond acceptors (Lipinski definition) is 3. The van der Waals surface area contributed by atoms with Crippen molar-refractivity contribution in [2.24, 2.45) is 5.73 Å². The Morgan fingerprint density at radius 3 is 2.50 bits per heavy atom. The Morgan fingerprint density at radius 2 is 2.06 bits per heavy atom. The fourth-order valence-electron chi connectivity index (χ4n) is 2.33. The van der Waals surface area contributed by atoms with Crippen molar-refractivity contribution in [2.75, 3.05) is 7.11 Å². The number of benzene rings is 1. The molecule has 0 amide bonds. The molecule has 1 aromatic rings. The zero-order valence-corrected chi connectivity index (χ0v) is 11.5. The molecule has 3 nitrogen and oxygen atoms in total. The Morgan fingerprint density at radius 1 is 1.39 bits per heavy atom. The van der Waals surface area contributed by atoms with Gasteiger partial charge in [-0.1, -0.05) is 24.7 Å². The van der Waals surface area contributed by atoms with E-state index in [1.54, 1.807) is 6.07 Å². The SMILES string of the molecule is COC(=O)c1cc(C(N)=S)c(C2CCC2)cc1C. The van der Waals surface area contributed by atoms with E-state index < -0.39 is 0 Å². The highest BCUT2D eigenvalue weighted by Gasteiger charge is 2.25. The standard InChI is InChI=1S/C14H17NO2S/c1-8-6-11(9-4-3-5-9)12(13(15)18)7-10(8)14(16)17-2/h6-7,9H,3-5H2,1-2H3,(H2,15,18). The fraction of sp³-hybridized carbons (Fsp3) is 0.429. The van der Waals surface area contributed by atoms with Crippen LogP contribution in [0.5, 0.6) is 0 Å². The lowest BCUT2D eigenvalue weighted by Crippen LogP contribution is -2.19. The van der Waals surface area contributed by atoms with Gasteiger partial charge in [-0.2, -0.15) is 0 Å². The van der Waals surface area contributed by atoms with Crippen LogP contribution in [0.2, 0.25) is 0 Å². The van der Waals surface area contributed by atoms with Crippen molar-refractivity contribution in [3.63, 3.8) is 0 Å². The molecule has 18 heavy (non-hydrogen) atoms. The Balaban J connectivity index is 2.51. The molecule has 96 valence electrons. The van der Waals surface area contributed by atoms with E-state index in [9.17, 15) is 4.79 Å². The molecule has 0 atom stereocenters. The summed E-state index contributed by atoms with van der Waals surface area (Å²) in [6.07, 6.45) is 3.60. The van der Waals surface area contributed by atoms with Gasteiger partial charge in [0.25, 0.3) is 0 Å². The first-order valence-corrected chi connectivity index (χ1v) is 6.48. The third kappa shape index (κ3) is 2.25. The lowest BCUT2D eigenvalue weighted by Gasteiger charge is -2.28. The summed E-state index contributed by atoms with van der Waals surface area (Å²) in [5, 5.41) is 0. The summed E-state index contributed by atoms with van der Waals surface area (Å²) in [6, 6.07) is 3.81. The average Bonchev–Trinajstić information content (AvgIpc) is 2.25. The molecule has 1 aromatic carbocycles. The lowest BCUT2D eigenvalue weighted by molar-refractivity contribution is 0.0600. The average molecular weight is 263 g/mol. The summed E-state index contributed by atoms with van der Waals surface area (Å²) < 4.78 is 4.77. The maximum Gasteiger partial charge on any atom is 0.338 e. The van der Waals surface area contributed by atoms with Crippen molar-refractivity contribution in [1.29, 1.82) is 0 Å². The Labute approximate surface area is 112 Å². The van der Waals surface area contributed by atoms with Crippen LogP contribution in [0.15, 0.2) is 12.1 Å². The van der Waals surface area contributed by atoms with Crippen LogP contribution in [0.25, 0.3) is 0 Å². The van der Waals surface area contributed by atoms with Crippen molar-refractivity contribution in [3.05, 3.63) is 34.4 Å². The Bertz CT molecular complexity index is 507. The first-order valence-electron chi connectivity index (χ1n) is 6.07. The minimum atomic E-state index is -0.342. The number of carbonyl (C=O) groups excluding carboxylic acids is 1. The van der Waals surface area contributed by atoms with Crippen LogP contribution in [-0.4, -0.2) is 18.1 Å². The normalized spacial score (nSPS) is 15.0. The van der Waals surface area contributed by atoms with Gasteiger partial charge in [0.2, 0.25) is 0 Å². The van der Waals surface area contributed by atoms with E-state index >= 15 is 0 Å². The highest BCUT2D eigenvalue weighted by molar-refractivity contribution is 7.80. The van der Waals surface area contributed by atoms with Gasteiger partial charge in [-0.3, -0.25) is 0 Å². The zero-order valence-electron chi connectivity index (χ0n) is 10.7. The van der Waals surface area contributed by atoms with Gasteiger partial charge in [0.05, 0.1) is 12.7 Å². The van der Waals surface area contributed by atoms with Crippen molar-refractivity contribution in [2.45, 2.75) is 32.1 Å². The minimum absolute atomic E-state index is 0.342. The van der Waals surface area contributed by atoms with Crippen molar-refractivity contribution in [3.8, 4) is 0 Å². The number of methoxy groups -OCH3 is 1. The molecule has 1 aliphatic carbocycles. The molecule has 2 N–H and O–H groups in total. The molecule has 0 aliphatic heterocycles. The number of hydrogen-bond donors (Lipinski definition) is 1. The van der Waals surface area contributed by atoms with E-state index in [4.69, 9.17) is 22.7 Å². The van der Waals surface area contributed by atoms with Gasteiger partial charge in [-0.25, -0.2) is 4.79 Å². The predicted octanol–water partition coefficient (Wildman–Crippen LogP) is 2.68. The third-order valence-corrected chi connectivity index (χ3v) is 3.83. The van der Waals surface area contributed by atoms with Crippen LogP contribution in [0.1, 0.15) is 52.2 Å². The van der Waals surface area contributed by atoms with Gasteiger partial charge in [0.15, 0.2) is 0 Å². The quantitative estimate of drug-likeness (QED) is 0.673. The molecule has 0 aromatic heterocycles. The topological polar surface area (TPSA) is 52.3 Å². The van der Waals surface area contributed by atoms with Crippen molar-refractivity contribution >= 4 is 23.2 Å². The minimum Gasteiger partial charge on any atom is -0.465 e. The van der Waals surface area contributed by atoms with Gasteiger partial charge in [0.1, 0.15) is 4.99 Å². The van der Waals surface area contributed by atoms with Gasteiger partial charge >= 0.3 is 5.97 Å². The molecule has 1 saturated carbocycles. The Hall–Kier alpha value is -1.42. The smallest absolute Gasteiger partial charge is 0.338 e. The molecular formula is C14H17NO2S. The summed E-state index contributed by atoms with van der Waals surface area (Å²) in [4.78, 5) is 12.0. The van der Waals surface area contributed by atoms with E-state index in [-0.39, 0.29) is 5.97 Å². The Kier molecular flexibility index (Phi) is 3.66. The van der Waals surface area contributed by atoms with Crippen LogP contribution >= 0.6 is 12.2 Å². The second-order valence-electron chi connectivity index (χ2n) is 4.74. The second-order valence-corrected chi connectivity index (χ2v) is 5.18. The van der Waals surface area contributed by atoms with E-state index in [0.29, 0.717) is 16.5 Å². The molecule has 4 heteroatoms. The van der Waals surface area contributed by atoms with E-state index in [1.165, 1.54) is 31.9 Å². The number of rotatable bonds is 3.